The van der Waals surface area contributed by atoms with Crippen molar-refractivity contribution < 1.29 is 0 Å². The van der Waals surface area contributed by atoms with E-state index < -0.39 is 0 Å². The summed E-state index contributed by atoms with van der Waals surface area (Å²) in [5.41, 5.74) is 3.85. The Hall–Kier alpha value is -1.04. The van der Waals surface area contributed by atoms with Gasteiger partial charge >= 0.3 is 92.6 Å². The minimum absolute atomic E-state index is 1.21. The molecule has 0 saturated carbocycles. The van der Waals surface area contributed by atoms with Crippen molar-refractivity contribution in [2.45, 2.75) is 6.92 Å². The topological polar surface area (TPSA) is 0 Å². The van der Waals surface area contributed by atoms with Crippen molar-refractivity contribution >= 4 is 20.5 Å². The Morgan fingerprint density at radius 2 is 1.71 bits per heavy atom. The normalized spacial score (nSPS) is 10.1. The van der Waals surface area contributed by atoms with Crippen LogP contribution in [0.25, 0.3) is 11.1 Å². The second kappa shape index (κ2) is 4.00. The van der Waals surface area contributed by atoms with Gasteiger partial charge in [0.2, 0.25) is 0 Å². The molecule has 0 amide bonds. The first-order chi connectivity index (χ1) is 6.77. The molecule has 0 nitrogen and oxygen atoms in total. The second-order valence-electron chi connectivity index (χ2n) is 3.37. The summed E-state index contributed by atoms with van der Waals surface area (Å²) in [5, 5.41) is 0. The number of benzene rings is 2. The molecule has 0 N–H and O–H groups in total. The molecule has 0 aliphatic carbocycles. The summed E-state index contributed by atoms with van der Waals surface area (Å²) in [7, 11) is 0. The molecular formula is C13H11Se. The zero-order chi connectivity index (χ0) is 9.97. The Balaban J connectivity index is 2.55. The van der Waals surface area contributed by atoms with Gasteiger partial charge in [-0.05, 0) is 0 Å². The SMILES string of the molecule is Cc1cccc(-c2ccccc2[Se])c1. The average Bonchev–Trinajstić information content (AvgIpc) is 2.18. The third-order valence-corrected chi connectivity index (χ3v) is 2.96. The van der Waals surface area contributed by atoms with Crippen LogP contribution in [0.3, 0.4) is 0 Å². The van der Waals surface area contributed by atoms with Gasteiger partial charge in [-0.15, -0.1) is 0 Å². The van der Waals surface area contributed by atoms with Crippen LogP contribution in [0.15, 0.2) is 48.5 Å². The Bertz CT molecular complexity index is 446. The standard InChI is InChI=1S/C13H11Se/c1-10-5-4-6-11(9-10)12-7-2-3-8-13(12)14/h2-9H,1H3. The van der Waals surface area contributed by atoms with Crippen molar-refractivity contribution in [3.05, 3.63) is 54.1 Å². The summed E-state index contributed by atoms with van der Waals surface area (Å²) in [5.74, 6) is 0. The molecule has 0 atom stereocenters. The third-order valence-electron chi connectivity index (χ3n) is 2.22. The molecule has 2 aromatic carbocycles. The Morgan fingerprint density at radius 1 is 0.929 bits per heavy atom. The van der Waals surface area contributed by atoms with Crippen molar-refractivity contribution in [3.63, 3.8) is 0 Å². The first-order valence-electron chi connectivity index (χ1n) is 4.60. The molecule has 0 heterocycles. The van der Waals surface area contributed by atoms with Crippen molar-refractivity contribution in [1.29, 1.82) is 0 Å². The summed E-state index contributed by atoms with van der Waals surface area (Å²) in [6, 6.07) is 16.9. The molecule has 0 spiro atoms. The van der Waals surface area contributed by atoms with E-state index in [-0.39, 0.29) is 0 Å². The van der Waals surface area contributed by atoms with Crippen LogP contribution in [0, 0.1) is 6.92 Å². The number of hydrogen-bond acceptors (Lipinski definition) is 0. The van der Waals surface area contributed by atoms with E-state index in [0.29, 0.717) is 0 Å². The van der Waals surface area contributed by atoms with Gasteiger partial charge in [-0.3, -0.25) is 0 Å². The molecule has 1 radical (unpaired) electrons. The molecule has 1 heteroatoms. The van der Waals surface area contributed by atoms with Gasteiger partial charge in [-0.25, -0.2) is 0 Å². The second-order valence-corrected chi connectivity index (χ2v) is 4.29. The molecule has 0 unspecified atom stereocenters. The molecule has 0 bridgehead atoms. The molecule has 2 aromatic rings. The molecule has 0 aliphatic rings. The van der Waals surface area contributed by atoms with Gasteiger partial charge in [0, 0.05) is 0 Å². The fraction of sp³-hybridized carbons (Fsp3) is 0.0769. The van der Waals surface area contributed by atoms with Crippen LogP contribution >= 0.6 is 0 Å². The predicted octanol–water partition coefficient (Wildman–Crippen LogP) is 2.46. The first-order valence-corrected chi connectivity index (χ1v) is 5.46. The van der Waals surface area contributed by atoms with Gasteiger partial charge in [0.05, 0.1) is 0 Å². The van der Waals surface area contributed by atoms with Gasteiger partial charge in [0.1, 0.15) is 0 Å². The van der Waals surface area contributed by atoms with Crippen molar-refractivity contribution in [3.8, 4) is 11.1 Å². The number of aryl methyl sites for hydroxylation is 1. The summed E-state index contributed by atoms with van der Waals surface area (Å²) in [4.78, 5) is 0. The van der Waals surface area contributed by atoms with E-state index in [1.165, 1.54) is 21.2 Å². The summed E-state index contributed by atoms with van der Waals surface area (Å²) < 4.78 is 1.21. The van der Waals surface area contributed by atoms with Crippen molar-refractivity contribution in [1.82, 2.24) is 0 Å². The van der Waals surface area contributed by atoms with Crippen molar-refractivity contribution in [2.75, 3.05) is 0 Å². The first kappa shape index (κ1) is 9.51. The maximum atomic E-state index is 3.09. The van der Waals surface area contributed by atoms with Crippen LogP contribution in [0.5, 0.6) is 0 Å². The Morgan fingerprint density at radius 3 is 2.43 bits per heavy atom. The van der Waals surface area contributed by atoms with E-state index in [1.54, 1.807) is 0 Å². The fourth-order valence-corrected chi connectivity index (χ4v) is 2.07. The molecule has 0 aliphatic heterocycles. The van der Waals surface area contributed by atoms with Crippen LogP contribution in [-0.2, 0) is 0 Å². The number of hydrogen-bond donors (Lipinski definition) is 0. The van der Waals surface area contributed by atoms with E-state index in [1.807, 2.05) is 6.07 Å². The summed E-state index contributed by atoms with van der Waals surface area (Å²) >= 11 is 3.09. The van der Waals surface area contributed by atoms with Crippen LogP contribution in [0.1, 0.15) is 5.56 Å². The molecule has 0 aromatic heterocycles. The Labute approximate surface area is 92.8 Å². The third kappa shape index (κ3) is 1.89. The number of rotatable bonds is 1. The van der Waals surface area contributed by atoms with Crippen LogP contribution < -0.4 is 4.46 Å². The van der Waals surface area contributed by atoms with E-state index in [4.69, 9.17) is 0 Å². The molecule has 69 valence electrons. The fourth-order valence-electron chi connectivity index (χ4n) is 1.52. The van der Waals surface area contributed by atoms with Crippen LogP contribution in [0.4, 0.5) is 0 Å². The molecule has 2 rings (SSSR count). The predicted molar refractivity (Wildman–Crippen MR) is 62.0 cm³/mol. The zero-order valence-electron chi connectivity index (χ0n) is 8.03. The van der Waals surface area contributed by atoms with E-state index in [0.717, 1.165) is 0 Å². The van der Waals surface area contributed by atoms with E-state index >= 15 is 0 Å². The molecule has 0 fully saturated rings. The quantitative estimate of drug-likeness (QED) is 0.678. The van der Waals surface area contributed by atoms with E-state index in [9.17, 15) is 0 Å². The molecule has 14 heavy (non-hydrogen) atoms. The van der Waals surface area contributed by atoms with Crippen LogP contribution in [-0.4, -0.2) is 16.0 Å². The summed E-state index contributed by atoms with van der Waals surface area (Å²) in [6.07, 6.45) is 0. The maximum absolute atomic E-state index is 3.09. The minimum atomic E-state index is 1.21. The molecule has 0 saturated heterocycles. The average molecular weight is 246 g/mol. The monoisotopic (exact) mass is 247 g/mol. The van der Waals surface area contributed by atoms with E-state index in [2.05, 4.69) is 65.4 Å². The van der Waals surface area contributed by atoms with Gasteiger partial charge < -0.3 is 0 Å². The van der Waals surface area contributed by atoms with Gasteiger partial charge in [-0.2, -0.15) is 0 Å². The summed E-state index contributed by atoms with van der Waals surface area (Å²) in [6.45, 7) is 2.12. The zero-order valence-corrected chi connectivity index (χ0v) is 9.74. The van der Waals surface area contributed by atoms with Gasteiger partial charge in [0.25, 0.3) is 0 Å². The van der Waals surface area contributed by atoms with Crippen molar-refractivity contribution in [2.24, 2.45) is 0 Å². The van der Waals surface area contributed by atoms with Gasteiger partial charge in [-0.1, -0.05) is 0 Å². The van der Waals surface area contributed by atoms with Gasteiger partial charge in [0.15, 0.2) is 0 Å². The molecular weight excluding hydrogens is 235 g/mol. The Kier molecular flexibility index (Phi) is 2.72. The van der Waals surface area contributed by atoms with Crippen LogP contribution in [0.2, 0.25) is 0 Å².